The highest BCUT2D eigenvalue weighted by Crippen LogP contribution is 2.57. The molecule has 2 nitrogen and oxygen atoms in total. The van der Waals surface area contributed by atoms with Gasteiger partial charge < -0.3 is 8.98 Å². The zero-order chi connectivity index (χ0) is 36.1. The van der Waals surface area contributed by atoms with Crippen molar-refractivity contribution in [1.29, 1.82) is 0 Å². The van der Waals surface area contributed by atoms with Gasteiger partial charge in [-0.15, -0.1) is 0 Å². The van der Waals surface area contributed by atoms with Gasteiger partial charge in [0.1, 0.15) is 11.2 Å². The second kappa shape index (κ2) is 11.4. The van der Waals surface area contributed by atoms with Crippen LogP contribution in [0.2, 0.25) is 0 Å². The molecule has 0 amide bonds. The van der Waals surface area contributed by atoms with Gasteiger partial charge in [-0.3, -0.25) is 0 Å². The van der Waals surface area contributed by atoms with Gasteiger partial charge in [-0.05, 0) is 104 Å². The Morgan fingerprint density at radius 2 is 1.04 bits per heavy atom. The first kappa shape index (κ1) is 30.3. The summed E-state index contributed by atoms with van der Waals surface area (Å²) in [6.07, 6.45) is 0. The summed E-state index contributed by atoms with van der Waals surface area (Å²) in [5.74, 6) is 0. The summed E-state index contributed by atoms with van der Waals surface area (Å²) in [7, 11) is 0. The minimum Gasteiger partial charge on any atom is -0.456 e. The van der Waals surface area contributed by atoms with E-state index >= 15 is 0 Å². The minimum atomic E-state index is -0.460. The Morgan fingerprint density at radius 1 is 0.382 bits per heavy atom. The van der Waals surface area contributed by atoms with Crippen LogP contribution in [0.3, 0.4) is 0 Å². The molecule has 9 aromatic carbocycles. The number of benzene rings is 9. The smallest absolute Gasteiger partial charge is 0.135 e. The lowest BCUT2D eigenvalue weighted by atomic mass is 9.67. The molecular formula is C53H33NO. The van der Waals surface area contributed by atoms with Gasteiger partial charge in [-0.25, -0.2) is 0 Å². The summed E-state index contributed by atoms with van der Waals surface area (Å²) in [5.41, 5.74) is 14.9. The van der Waals surface area contributed by atoms with E-state index < -0.39 is 5.41 Å². The van der Waals surface area contributed by atoms with Crippen molar-refractivity contribution in [2.75, 3.05) is 0 Å². The molecule has 0 saturated heterocycles. The maximum absolute atomic E-state index is 6.71. The molecule has 0 saturated carbocycles. The van der Waals surface area contributed by atoms with E-state index in [9.17, 15) is 0 Å². The summed E-state index contributed by atoms with van der Waals surface area (Å²) in [6.45, 7) is 0. The molecule has 1 aliphatic carbocycles. The van der Waals surface area contributed by atoms with E-state index in [0.717, 1.165) is 27.6 Å². The summed E-state index contributed by atoms with van der Waals surface area (Å²) in [4.78, 5) is 0. The first-order valence-electron chi connectivity index (χ1n) is 19.0. The predicted molar refractivity (Wildman–Crippen MR) is 228 cm³/mol. The van der Waals surface area contributed by atoms with Gasteiger partial charge in [0.25, 0.3) is 0 Å². The average Bonchev–Trinajstić information content (AvgIpc) is 3.89. The van der Waals surface area contributed by atoms with Gasteiger partial charge in [-0.2, -0.15) is 0 Å². The zero-order valence-corrected chi connectivity index (χ0v) is 29.9. The molecule has 2 heteroatoms. The van der Waals surface area contributed by atoms with Crippen LogP contribution >= 0.6 is 0 Å². The molecule has 256 valence electrons. The van der Waals surface area contributed by atoms with Crippen LogP contribution in [0.4, 0.5) is 0 Å². The largest absolute Gasteiger partial charge is 0.456 e. The second-order valence-corrected chi connectivity index (χ2v) is 14.8. The fraction of sp³-hybridized carbons (Fsp3) is 0.0189. The number of nitrogens with zero attached hydrogens (tertiary/aromatic N) is 1. The van der Waals surface area contributed by atoms with Crippen LogP contribution in [0.5, 0.6) is 0 Å². The molecule has 0 atom stereocenters. The summed E-state index contributed by atoms with van der Waals surface area (Å²) in [6, 6.07) is 73.1. The number of rotatable bonds is 4. The van der Waals surface area contributed by atoms with Crippen LogP contribution in [-0.2, 0) is 5.41 Å². The maximum atomic E-state index is 6.71. The van der Waals surface area contributed by atoms with Gasteiger partial charge in [0.05, 0.1) is 16.4 Å². The third-order valence-electron chi connectivity index (χ3n) is 12.1. The lowest BCUT2D eigenvalue weighted by Crippen LogP contribution is -2.28. The fourth-order valence-electron chi connectivity index (χ4n) is 9.71. The van der Waals surface area contributed by atoms with E-state index in [1.807, 2.05) is 0 Å². The van der Waals surface area contributed by atoms with Crippen molar-refractivity contribution >= 4 is 54.5 Å². The fourth-order valence-corrected chi connectivity index (χ4v) is 9.71. The number of hydrogen-bond acceptors (Lipinski definition) is 1. The molecule has 12 rings (SSSR count). The van der Waals surface area contributed by atoms with Gasteiger partial charge in [0.2, 0.25) is 0 Å². The first-order chi connectivity index (χ1) is 27.3. The lowest BCUT2D eigenvalue weighted by Gasteiger charge is -2.33. The summed E-state index contributed by atoms with van der Waals surface area (Å²) in [5, 5.41) is 7.38. The molecule has 2 aromatic heterocycles. The number of aromatic nitrogens is 1. The molecule has 0 aliphatic heterocycles. The second-order valence-electron chi connectivity index (χ2n) is 14.8. The monoisotopic (exact) mass is 699 g/mol. The summed E-state index contributed by atoms with van der Waals surface area (Å²) < 4.78 is 9.11. The molecule has 0 unspecified atom stereocenters. The van der Waals surface area contributed by atoms with Crippen molar-refractivity contribution in [3.8, 4) is 27.9 Å². The predicted octanol–water partition coefficient (Wildman–Crippen LogP) is 13.9. The van der Waals surface area contributed by atoms with E-state index in [4.69, 9.17) is 4.42 Å². The SMILES string of the molecule is c1ccc(C2(c3ccccc3)c3ccccc3-c3cc4c(cc32)oc2ccc(-c3ccc(-n5c6ccccc6c6c7ccccc7ccc65)cc3)cc24)cc1. The third kappa shape index (κ3) is 4.19. The molecular weight excluding hydrogens is 667 g/mol. The van der Waals surface area contributed by atoms with Crippen LogP contribution in [0.1, 0.15) is 22.3 Å². The highest BCUT2D eigenvalue weighted by molar-refractivity contribution is 6.21. The molecule has 0 radical (unpaired) electrons. The van der Waals surface area contributed by atoms with Crippen molar-refractivity contribution in [3.05, 3.63) is 222 Å². The maximum Gasteiger partial charge on any atom is 0.135 e. The standard InChI is InChI=1S/C53H33NO/c1-3-14-37(15-4-1)53(38-16-5-2-6-17-38)46-21-11-9-19-41(46)43-32-45-44-31-36(26-30-50(44)55-51(45)33-47(43)53)34-23-27-39(28-24-34)54-48-22-12-10-20-42(48)52-40-18-8-7-13-35(40)25-29-49(52)54/h1-33H. The van der Waals surface area contributed by atoms with Crippen LogP contribution in [0.15, 0.2) is 205 Å². The number of hydrogen-bond donors (Lipinski definition) is 0. The summed E-state index contributed by atoms with van der Waals surface area (Å²) >= 11 is 0. The van der Waals surface area contributed by atoms with E-state index in [1.54, 1.807) is 0 Å². The first-order valence-corrected chi connectivity index (χ1v) is 19.0. The van der Waals surface area contributed by atoms with Crippen LogP contribution < -0.4 is 0 Å². The van der Waals surface area contributed by atoms with Gasteiger partial charge >= 0.3 is 0 Å². The Balaban J connectivity index is 1.01. The zero-order valence-electron chi connectivity index (χ0n) is 29.9. The molecule has 1 aliphatic rings. The highest BCUT2D eigenvalue weighted by atomic mass is 16.3. The van der Waals surface area contributed by atoms with Crippen molar-refractivity contribution in [2.45, 2.75) is 5.41 Å². The molecule has 11 aromatic rings. The molecule has 0 bridgehead atoms. The Kier molecular flexibility index (Phi) is 6.29. The number of para-hydroxylation sites is 1. The molecule has 0 fully saturated rings. The molecule has 0 N–H and O–H groups in total. The van der Waals surface area contributed by atoms with Crippen LogP contribution in [0.25, 0.3) is 82.5 Å². The lowest BCUT2D eigenvalue weighted by molar-refractivity contribution is 0.666. The molecule has 55 heavy (non-hydrogen) atoms. The Labute approximate surface area is 318 Å². The van der Waals surface area contributed by atoms with Crippen molar-refractivity contribution in [2.24, 2.45) is 0 Å². The molecule has 2 heterocycles. The topological polar surface area (TPSA) is 18.1 Å². The van der Waals surface area contributed by atoms with Crippen molar-refractivity contribution in [1.82, 2.24) is 4.57 Å². The van der Waals surface area contributed by atoms with Crippen LogP contribution in [0, 0.1) is 0 Å². The quantitative estimate of drug-likeness (QED) is 0.179. The Bertz CT molecular complexity index is 3260. The number of furan rings is 1. The van der Waals surface area contributed by atoms with Crippen molar-refractivity contribution in [3.63, 3.8) is 0 Å². The Morgan fingerprint density at radius 3 is 1.84 bits per heavy atom. The van der Waals surface area contributed by atoms with E-state index in [-0.39, 0.29) is 0 Å². The van der Waals surface area contributed by atoms with Crippen LogP contribution in [-0.4, -0.2) is 4.57 Å². The average molecular weight is 700 g/mol. The number of fused-ring (bicyclic) bond motifs is 11. The highest BCUT2D eigenvalue weighted by Gasteiger charge is 2.46. The third-order valence-corrected chi connectivity index (χ3v) is 12.1. The van der Waals surface area contributed by atoms with E-state index in [0.29, 0.717) is 0 Å². The molecule has 0 spiro atoms. The van der Waals surface area contributed by atoms with E-state index in [2.05, 4.69) is 205 Å². The van der Waals surface area contributed by atoms with Crippen molar-refractivity contribution < 1.29 is 4.42 Å². The van der Waals surface area contributed by atoms with Gasteiger partial charge in [-0.1, -0.05) is 152 Å². The van der Waals surface area contributed by atoms with Gasteiger partial charge in [0.15, 0.2) is 0 Å². The van der Waals surface area contributed by atoms with E-state index in [1.165, 1.54) is 77.1 Å². The normalized spacial score (nSPS) is 13.2. The van der Waals surface area contributed by atoms with Gasteiger partial charge in [0, 0.05) is 27.2 Å². The Hall–Kier alpha value is -7.16. The minimum absolute atomic E-state index is 0.460.